The Bertz CT molecular complexity index is 535. The largest absolute Gasteiger partial charge is 0.370 e. The van der Waals surface area contributed by atoms with E-state index in [9.17, 15) is 8.42 Å². The maximum atomic E-state index is 12.2. The topological polar surface area (TPSA) is 63.4 Å². The van der Waals surface area contributed by atoms with Crippen LogP contribution in [0.1, 0.15) is 26.2 Å². The Morgan fingerprint density at radius 1 is 1.25 bits per heavy atom. The number of anilines is 1. The quantitative estimate of drug-likeness (QED) is 0.903. The molecule has 1 aliphatic rings. The molecular formula is C15H24N2O2S. The second-order valence-corrected chi connectivity index (χ2v) is 7.63. The van der Waals surface area contributed by atoms with E-state index in [1.165, 1.54) is 0 Å². The molecule has 1 aromatic rings. The maximum Gasteiger partial charge on any atom is 0.180 e. The number of nitrogens with two attached hydrogens (primary N) is 1. The molecule has 0 saturated carbocycles. The molecule has 0 aliphatic carbocycles. The highest BCUT2D eigenvalue weighted by Crippen LogP contribution is 2.30. The van der Waals surface area contributed by atoms with Crippen molar-refractivity contribution in [3.63, 3.8) is 0 Å². The first-order chi connectivity index (χ1) is 9.58. The summed E-state index contributed by atoms with van der Waals surface area (Å²) >= 11 is 0. The minimum Gasteiger partial charge on any atom is -0.370 e. The van der Waals surface area contributed by atoms with Gasteiger partial charge in [0.05, 0.1) is 16.3 Å². The average molecular weight is 296 g/mol. The van der Waals surface area contributed by atoms with Crippen molar-refractivity contribution < 1.29 is 8.42 Å². The van der Waals surface area contributed by atoms with E-state index in [4.69, 9.17) is 5.73 Å². The van der Waals surface area contributed by atoms with Crippen molar-refractivity contribution in [3.05, 3.63) is 24.3 Å². The van der Waals surface area contributed by atoms with Gasteiger partial charge < -0.3 is 10.6 Å². The van der Waals surface area contributed by atoms with Gasteiger partial charge in [0.2, 0.25) is 0 Å². The highest BCUT2D eigenvalue weighted by Gasteiger charge is 2.24. The second kappa shape index (κ2) is 6.59. The van der Waals surface area contributed by atoms with Crippen molar-refractivity contribution in [2.45, 2.75) is 31.1 Å². The Hall–Kier alpha value is -1.07. The number of benzene rings is 1. The summed E-state index contributed by atoms with van der Waals surface area (Å²) in [6.07, 6.45) is 3.26. The third kappa shape index (κ3) is 3.33. The van der Waals surface area contributed by atoms with Gasteiger partial charge in [-0.2, -0.15) is 0 Å². The lowest BCUT2D eigenvalue weighted by Gasteiger charge is -2.34. The van der Waals surface area contributed by atoms with E-state index in [1.807, 2.05) is 12.1 Å². The molecule has 1 heterocycles. The Balaban J connectivity index is 2.19. The molecule has 1 aliphatic heterocycles. The molecule has 2 rings (SSSR count). The Labute approximate surface area is 121 Å². The molecule has 0 aromatic heterocycles. The van der Waals surface area contributed by atoms with Crippen LogP contribution in [0.25, 0.3) is 0 Å². The van der Waals surface area contributed by atoms with E-state index in [0.29, 0.717) is 10.8 Å². The molecule has 20 heavy (non-hydrogen) atoms. The van der Waals surface area contributed by atoms with Crippen LogP contribution >= 0.6 is 0 Å². The third-order valence-electron chi connectivity index (χ3n) is 4.11. The Morgan fingerprint density at radius 3 is 2.50 bits per heavy atom. The van der Waals surface area contributed by atoms with Gasteiger partial charge in [-0.15, -0.1) is 0 Å². The van der Waals surface area contributed by atoms with Gasteiger partial charge >= 0.3 is 0 Å². The molecule has 1 fully saturated rings. The molecular weight excluding hydrogens is 272 g/mol. The minimum absolute atomic E-state index is 0.146. The Kier molecular flexibility index (Phi) is 5.05. The first kappa shape index (κ1) is 15.3. The van der Waals surface area contributed by atoms with E-state index in [0.717, 1.165) is 44.6 Å². The molecule has 4 nitrogen and oxygen atoms in total. The van der Waals surface area contributed by atoms with Crippen LogP contribution in [0, 0.1) is 5.92 Å². The SMILES string of the molecule is CCS(=O)(=O)c1ccccc1N1CCC(CCN)CC1. The summed E-state index contributed by atoms with van der Waals surface area (Å²) in [5, 5.41) is 0. The zero-order valence-corrected chi connectivity index (χ0v) is 12.9. The van der Waals surface area contributed by atoms with Crippen LogP contribution in [0.4, 0.5) is 5.69 Å². The molecule has 0 spiro atoms. The average Bonchev–Trinajstić information content (AvgIpc) is 2.48. The summed E-state index contributed by atoms with van der Waals surface area (Å²) in [5.74, 6) is 0.833. The minimum atomic E-state index is -3.16. The summed E-state index contributed by atoms with van der Waals surface area (Å²) < 4.78 is 24.4. The van der Waals surface area contributed by atoms with Crippen LogP contribution in [0.2, 0.25) is 0 Å². The summed E-state index contributed by atoms with van der Waals surface area (Å²) in [7, 11) is -3.16. The van der Waals surface area contributed by atoms with Gasteiger partial charge in [0.1, 0.15) is 0 Å². The monoisotopic (exact) mass is 296 g/mol. The predicted molar refractivity (Wildman–Crippen MR) is 82.8 cm³/mol. The number of rotatable bonds is 5. The van der Waals surface area contributed by atoms with E-state index in [1.54, 1.807) is 19.1 Å². The first-order valence-corrected chi connectivity index (χ1v) is 9.00. The molecule has 0 atom stereocenters. The van der Waals surface area contributed by atoms with Crippen molar-refractivity contribution in [2.75, 3.05) is 30.3 Å². The third-order valence-corrected chi connectivity index (χ3v) is 5.89. The van der Waals surface area contributed by atoms with Gasteiger partial charge in [0.25, 0.3) is 0 Å². The van der Waals surface area contributed by atoms with Crippen LogP contribution < -0.4 is 10.6 Å². The van der Waals surface area contributed by atoms with Gasteiger partial charge in [-0.3, -0.25) is 0 Å². The lowest BCUT2D eigenvalue weighted by molar-refractivity contribution is 0.385. The molecule has 1 saturated heterocycles. The van der Waals surface area contributed by atoms with Gasteiger partial charge in [-0.05, 0) is 43.9 Å². The van der Waals surface area contributed by atoms with Crippen LogP contribution in [0.5, 0.6) is 0 Å². The molecule has 5 heteroatoms. The maximum absolute atomic E-state index is 12.2. The van der Waals surface area contributed by atoms with Gasteiger partial charge in [0, 0.05) is 13.1 Å². The first-order valence-electron chi connectivity index (χ1n) is 7.35. The highest BCUT2D eigenvalue weighted by molar-refractivity contribution is 7.91. The molecule has 0 amide bonds. The van der Waals surface area contributed by atoms with E-state index in [-0.39, 0.29) is 5.75 Å². The standard InChI is InChI=1S/C15H24N2O2S/c1-2-20(18,19)15-6-4-3-5-14(15)17-11-8-13(7-10-16)9-12-17/h3-6,13H,2,7-12,16H2,1H3. The highest BCUT2D eigenvalue weighted by atomic mass is 32.2. The van der Waals surface area contributed by atoms with Crippen molar-refractivity contribution in [3.8, 4) is 0 Å². The molecule has 1 aromatic carbocycles. The zero-order valence-electron chi connectivity index (χ0n) is 12.1. The fourth-order valence-electron chi connectivity index (χ4n) is 2.84. The van der Waals surface area contributed by atoms with Crippen molar-refractivity contribution >= 4 is 15.5 Å². The summed E-state index contributed by atoms with van der Waals surface area (Å²) in [5.41, 5.74) is 6.47. The van der Waals surface area contributed by atoms with Gasteiger partial charge in [0.15, 0.2) is 9.84 Å². The fraction of sp³-hybridized carbons (Fsp3) is 0.600. The smallest absolute Gasteiger partial charge is 0.180 e. The van der Waals surface area contributed by atoms with Crippen molar-refractivity contribution in [1.82, 2.24) is 0 Å². The normalized spacial score (nSPS) is 17.4. The van der Waals surface area contributed by atoms with Crippen LogP contribution in [0.15, 0.2) is 29.2 Å². The molecule has 0 radical (unpaired) electrons. The van der Waals surface area contributed by atoms with Crippen LogP contribution in [-0.4, -0.2) is 33.8 Å². The van der Waals surface area contributed by atoms with E-state index >= 15 is 0 Å². The van der Waals surface area contributed by atoms with Crippen molar-refractivity contribution in [1.29, 1.82) is 0 Å². The summed E-state index contributed by atoms with van der Waals surface area (Å²) in [4.78, 5) is 2.68. The van der Waals surface area contributed by atoms with Crippen LogP contribution in [-0.2, 0) is 9.84 Å². The zero-order chi connectivity index (χ0) is 14.6. The van der Waals surface area contributed by atoms with Gasteiger partial charge in [-0.1, -0.05) is 19.1 Å². The molecule has 2 N–H and O–H groups in total. The lowest BCUT2D eigenvalue weighted by Crippen LogP contribution is -2.35. The van der Waals surface area contributed by atoms with Gasteiger partial charge in [-0.25, -0.2) is 8.42 Å². The number of hydrogen-bond donors (Lipinski definition) is 1. The predicted octanol–water partition coefficient (Wildman–Crippen LogP) is 2.05. The fourth-order valence-corrected chi connectivity index (χ4v) is 3.95. The number of nitrogens with zero attached hydrogens (tertiary/aromatic N) is 1. The number of hydrogen-bond acceptors (Lipinski definition) is 4. The number of sulfone groups is 1. The summed E-state index contributed by atoms with van der Waals surface area (Å²) in [6.45, 7) is 4.27. The van der Waals surface area contributed by atoms with E-state index < -0.39 is 9.84 Å². The molecule has 0 bridgehead atoms. The molecule has 0 unspecified atom stereocenters. The number of piperidine rings is 1. The van der Waals surface area contributed by atoms with Crippen molar-refractivity contribution in [2.24, 2.45) is 11.7 Å². The van der Waals surface area contributed by atoms with Crippen LogP contribution in [0.3, 0.4) is 0 Å². The summed E-state index contributed by atoms with van der Waals surface area (Å²) in [6, 6.07) is 7.36. The lowest BCUT2D eigenvalue weighted by atomic mass is 9.93. The Morgan fingerprint density at radius 2 is 1.90 bits per heavy atom. The molecule has 112 valence electrons. The number of para-hydroxylation sites is 1. The second-order valence-electron chi connectivity index (χ2n) is 5.38. The van der Waals surface area contributed by atoms with E-state index in [2.05, 4.69) is 4.90 Å².